The van der Waals surface area contributed by atoms with E-state index in [2.05, 4.69) is 13.8 Å². The van der Waals surface area contributed by atoms with Crippen LogP contribution in [0.1, 0.15) is 32.3 Å². The molecule has 0 N–H and O–H groups in total. The molecule has 1 aliphatic rings. The van der Waals surface area contributed by atoms with E-state index >= 15 is 0 Å². The van der Waals surface area contributed by atoms with Crippen LogP contribution in [0.4, 0.5) is 0 Å². The van der Waals surface area contributed by atoms with Crippen molar-refractivity contribution in [1.82, 2.24) is 4.90 Å². The molecule has 2 rings (SSSR count). The van der Waals surface area contributed by atoms with Crippen molar-refractivity contribution >= 4 is 29.3 Å². The lowest BCUT2D eigenvalue weighted by atomic mass is 10.0. The summed E-state index contributed by atoms with van der Waals surface area (Å²) in [6.07, 6.45) is 2.24. The second-order valence-electron chi connectivity index (χ2n) is 5.58. The maximum Gasteiger partial charge on any atom is 0.233 e. The Morgan fingerprint density at radius 1 is 1.37 bits per heavy atom. The molecule has 1 aromatic rings. The molecule has 1 heterocycles. The lowest BCUT2D eigenvalue weighted by Gasteiger charge is -2.31. The average Bonchev–Trinajstić information content (AvgIpc) is 2.71. The van der Waals surface area contributed by atoms with E-state index in [1.165, 1.54) is 5.56 Å². The van der Waals surface area contributed by atoms with Crippen LogP contribution < -0.4 is 0 Å². The number of thioether (sulfide) groups is 1. The van der Waals surface area contributed by atoms with Crippen LogP contribution >= 0.6 is 23.4 Å². The van der Waals surface area contributed by atoms with Crippen molar-refractivity contribution in [2.45, 2.75) is 38.0 Å². The van der Waals surface area contributed by atoms with Gasteiger partial charge in [-0.1, -0.05) is 23.7 Å². The highest BCUT2D eigenvalue weighted by Gasteiger charge is 2.34. The minimum absolute atomic E-state index is 0.0396. The summed E-state index contributed by atoms with van der Waals surface area (Å²) in [6, 6.07) is 7.81. The van der Waals surface area contributed by atoms with E-state index in [0.717, 1.165) is 30.2 Å². The fraction of sp³-hybridized carbons (Fsp3) is 0.533. The van der Waals surface area contributed by atoms with Crippen LogP contribution in [-0.2, 0) is 10.5 Å². The van der Waals surface area contributed by atoms with Gasteiger partial charge in [0.05, 0.1) is 5.75 Å². The summed E-state index contributed by atoms with van der Waals surface area (Å²) < 4.78 is 0. The summed E-state index contributed by atoms with van der Waals surface area (Å²) in [7, 11) is 0. The van der Waals surface area contributed by atoms with E-state index in [0.29, 0.717) is 5.75 Å². The number of carbonyl (C=O) groups is 1. The number of rotatable bonds is 4. The molecule has 0 aromatic heterocycles. The molecule has 0 bridgehead atoms. The molecular weight excluding hydrogens is 278 g/mol. The number of likely N-dealkylation sites (tertiary alicyclic amines) is 1. The highest BCUT2D eigenvalue weighted by atomic mass is 35.5. The first-order valence-electron chi connectivity index (χ1n) is 6.62. The molecule has 0 radical (unpaired) electrons. The van der Waals surface area contributed by atoms with Gasteiger partial charge in [0, 0.05) is 22.9 Å². The second-order valence-corrected chi connectivity index (χ2v) is 7.00. The highest BCUT2D eigenvalue weighted by Crippen LogP contribution is 2.29. The van der Waals surface area contributed by atoms with E-state index in [-0.39, 0.29) is 11.4 Å². The van der Waals surface area contributed by atoms with Gasteiger partial charge in [-0.3, -0.25) is 4.79 Å². The zero-order valence-corrected chi connectivity index (χ0v) is 13.1. The second kappa shape index (κ2) is 6.19. The number of hydrogen-bond acceptors (Lipinski definition) is 2. The minimum atomic E-state index is 0.0396. The Morgan fingerprint density at radius 2 is 2.05 bits per heavy atom. The molecule has 1 amide bonds. The first kappa shape index (κ1) is 14.7. The summed E-state index contributed by atoms with van der Waals surface area (Å²) in [5.41, 5.74) is 1.25. The van der Waals surface area contributed by atoms with Crippen LogP contribution in [0.2, 0.25) is 5.02 Å². The number of hydrogen-bond donors (Lipinski definition) is 0. The predicted octanol–water partition coefficient (Wildman–Crippen LogP) is 3.97. The van der Waals surface area contributed by atoms with E-state index in [4.69, 9.17) is 11.6 Å². The topological polar surface area (TPSA) is 20.3 Å². The highest BCUT2D eigenvalue weighted by molar-refractivity contribution is 7.99. The summed E-state index contributed by atoms with van der Waals surface area (Å²) in [4.78, 5) is 14.2. The van der Waals surface area contributed by atoms with E-state index in [9.17, 15) is 4.79 Å². The SMILES string of the molecule is CC1(C)CCCN1C(=O)CSCc1ccc(Cl)cc1. The van der Waals surface area contributed by atoms with Crippen molar-refractivity contribution in [1.29, 1.82) is 0 Å². The van der Waals surface area contributed by atoms with Crippen LogP contribution in [-0.4, -0.2) is 28.6 Å². The van der Waals surface area contributed by atoms with Gasteiger partial charge in [0.15, 0.2) is 0 Å². The third-order valence-electron chi connectivity index (χ3n) is 3.61. The molecule has 104 valence electrons. The molecule has 4 heteroatoms. The van der Waals surface area contributed by atoms with Gasteiger partial charge in [-0.05, 0) is 44.4 Å². The molecule has 0 unspecified atom stereocenters. The zero-order chi connectivity index (χ0) is 13.9. The van der Waals surface area contributed by atoms with E-state index < -0.39 is 0 Å². The molecule has 0 spiro atoms. The third kappa shape index (κ3) is 3.90. The number of carbonyl (C=O) groups excluding carboxylic acids is 1. The Balaban J connectivity index is 1.79. The zero-order valence-electron chi connectivity index (χ0n) is 11.5. The van der Waals surface area contributed by atoms with Gasteiger partial charge >= 0.3 is 0 Å². The smallest absolute Gasteiger partial charge is 0.233 e. The minimum Gasteiger partial charge on any atom is -0.337 e. The molecule has 1 saturated heterocycles. The Bertz CT molecular complexity index is 444. The van der Waals surface area contributed by atoms with Crippen molar-refractivity contribution in [3.63, 3.8) is 0 Å². The molecule has 1 aromatic carbocycles. The van der Waals surface area contributed by atoms with Crippen LogP contribution in [0.15, 0.2) is 24.3 Å². The quantitative estimate of drug-likeness (QED) is 0.838. The standard InChI is InChI=1S/C15H20ClNOS/c1-15(2)8-3-9-17(15)14(18)11-19-10-12-4-6-13(16)7-5-12/h4-7H,3,8-11H2,1-2H3. The van der Waals surface area contributed by atoms with Crippen LogP contribution in [0, 0.1) is 0 Å². The number of amides is 1. The molecule has 0 aliphatic carbocycles. The van der Waals surface area contributed by atoms with Gasteiger partial charge in [-0.15, -0.1) is 11.8 Å². The third-order valence-corrected chi connectivity index (χ3v) is 4.85. The van der Waals surface area contributed by atoms with Crippen molar-refractivity contribution < 1.29 is 4.79 Å². The molecule has 0 atom stereocenters. The van der Waals surface area contributed by atoms with Gasteiger partial charge in [0.25, 0.3) is 0 Å². The van der Waals surface area contributed by atoms with Crippen LogP contribution in [0.5, 0.6) is 0 Å². The van der Waals surface area contributed by atoms with E-state index in [1.54, 1.807) is 11.8 Å². The average molecular weight is 298 g/mol. The fourth-order valence-electron chi connectivity index (χ4n) is 2.48. The Hall–Kier alpha value is -0.670. The van der Waals surface area contributed by atoms with Crippen LogP contribution in [0.25, 0.3) is 0 Å². The van der Waals surface area contributed by atoms with Gasteiger partial charge in [0.2, 0.25) is 5.91 Å². The van der Waals surface area contributed by atoms with Gasteiger partial charge in [-0.2, -0.15) is 0 Å². The molecule has 1 aliphatic heterocycles. The lowest BCUT2D eigenvalue weighted by Crippen LogP contribution is -2.43. The predicted molar refractivity (Wildman–Crippen MR) is 82.6 cm³/mol. The van der Waals surface area contributed by atoms with Crippen molar-refractivity contribution in [3.05, 3.63) is 34.9 Å². The Kier molecular flexibility index (Phi) is 4.80. The first-order chi connectivity index (χ1) is 8.99. The maximum atomic E-state index is 12.2. The number of halogens is 1. The summed E-state index contributed by atoms with van der Waals surface area (Å²) in [5, 5.41) is 0.753. The van der Waals surface area contributed by atoms with E-state index in [1.807, 2.05) is 29.2 Å². The van der Waals surface area contributed by atoms with Gasteiger partial charge in [-0.25, -0.2) is 0 Å². The first-order valence-corrected chi connectivity index (χ1v) is 8.15. The molecule has 2 nitrogen and oxygen atoms in total. The maximum absolute atomic E-state index is 12.2. The Labute approximate surface area is 124 Å². The molecule has 1 fully saturated rings. The monoisotopic (exact) mass is 297 g/mol. The van der Waals surface area contributed by atoms with Crippen molar-refractivity contribution in [2.75, 3.05) is 12.3 Å². The lowest BCUT2D eigenvalue weighted by molar-refractivity contribution is -0.131. The molecular formula is C15H20ClNOS. The largest absolute Gasteiger partial charge is 0.337 e. The van der Waals surface area contributed by atoms with Crippen molar-refractivity contribution in [3.8, 4) is 0 Å². The summed E-state index contributed by atoms with van der Waals surface area (Å²) in [5.74, 6) is 1.69. The Morgan fingerprint density at radius 3 is 2.63 bits per heavy atom. The number of nitrogens with zero attached hydrogens (tertiary/aromatic N) is 1. The molecule has 19 heavy (non-hydrogen) atoms. The van der Waals surface area contributed by atoms with Gasteiger partial charge < -0.3 is 4.90 Å². The van der Waals surface area contributed by atoms with Gasteiger partial charge in [0.1, 0.15) is 0 Å². The number of benzene rings is 1. The van der Waals surface area contributed by atoms with Crippen molar-refractivity contribution in [2.24, 2.45) is 0 Å². The summed E-state index contributed by atoms with van der Waals surface area (Å²) in [6.45, 7) is 5.22. The molecule has 0 saturated carbocycles. The normalized spacial score (nSPS) is 17.7. The van der Waals surface area contributed by atoms with Crippen LogP contribution in [0.3, 0.4) is 0 Å². The summed E-state index contributed by atoms with van der Waals surface area (Å²) >= 11 is 7.52. The fourth-order valence-corrected chi connectivity index (χ4v) is 3.47.